The smallest absolute Gasteiger partial charge is 0.311 e. The summed E-state index contributed by atoms with van der Waals surface area (Å²) in [5.74, 6) is -1.21. The summed E-state index contributed by atoms with van der Waals surface area (Å²) in [6.07, 6.45) is 1.36. The van der Waals surface area contributed by atoms with Crippen LogP contribution in [0.3, 0.4) is 0 Å². The number of aliphatic carboxylic acids is 1. The van der Waals surface area contributed by atoms with Crippen molar-refractivity contribution in [1.29, 1.82) is 0 Å². The van der Waals surface area contributed by atoms with Crippen LogP contribution < -0.4 is 5.32 Å². The van der Waals surface area contributed by atoms with Gasteiger partial charge in [0, 0.05) is 20.0 Å². The number of hydrogen-bond acceptors (Lipinski definition) is 3. The Labute approximate surface area is 141 Å². The second-order valence-corrected chi connectivity index (χ2v) is 6.65. The lowest BCUT2D eigenvalue weighted by molar-refractivity contribution is -0.153. The van der Waals surface area contributed by atoms with Crippen LogP contribution in [-0.2, 0) is 14.4 Å². The Morgan fingerprint density at radius 2 is 1.96 bits per heavy atom. The van der Waals surface area contributed by atoms with E-state index in [4.69, 9.17) is 0 Å². The average molecular weight is 332 g/mol. The summed E-state index contributed by atoms with van der Waals surface area (Å²) in [5, 5.41) is 12.2. The fourth-order valence-electron chi connectivity index (χ4n) is 3.11. The van der Waals surface area contributed by atoms with E-state index in [0.29, 0.717) is 19.4 Å². The predicted octanol–water partition coefficient (Wildman–Crippen LogP) is 1.97. The van der Waals surface area contributed by atoms with Gasteiger partial charge in [0.25, 0.3) is 0 Å². The fourth-order valence-corrected chi connectivity index (χ4v) is 3.11. The molecule has 1 saturated heterocycles. The molecule has 0 aliphatic carbocycles. The van der Waals surface area contributed by atoms with Crippen molar-refractivity contribution in [1.82, 2.24) is 10.2 Å². The van der Waals surface area contributed by atoms with Gasteiger partial charge in [0.15, 0.2) is 0 Å². The van der Waals surface area contributed by atoms with Crippen LogP contribution in [0.15, 0.2) is 30.3 Å². The number of carboxylic acids is 1. The lowest BCUT2D eigenvalue weighted by Crippen LogP contribution is -2.49. The number of benzene rings is 1. The molecule has 1 aromatic rings. The quantitative estimate of drug-likeness (QED) is 0.863. The molecule has 2 rings (SSSR count). The summed E-state index contributed by atoms with van der Waals surface area (Å²) in [6, 6.07) is 8.92. The minimum absolute atomic E-state index is 0.124. The maximum absolute atomic E-state index is 12.7. The number of amides is 2. The van der Waals surface area contributed by atoms with E-state index in [1.165, 1.54) is 6.92 Å². The van der Waals surface area contributed by atoms with Gasteiger partial charge in [-0.05, 0) is 25.3 Å². The molecule has 0 radical (unpaired) electrons. The third kappa shape index (κ3) is 4.34. The molecule has 2 amide bonds. The number of carbonyl (C=O) groups excluding carboxylic acids is 2. The molecule has 1 aliphatic rings. The molecule has 0 spiro atoms. The van der Waals surface area contributed by atoms with E-state index in [9.17, 15) is 19.5 Å². The predicted molar refractivity (Wildman–Crippen MR) is 89.2 cm³/mol. The first kappa shape index (κ1) is 18.0. The van der Waals surface area contributed by atoms with Crippen LogP contribution in [0.2, 0.25) is 0 Å². The number of likely N-dealkylation sites (tertiary alicyclic amines) is 1. The van der Waals surface area contributed by atoms with Gasteiger partial charge in [0.2, 0.25) is 11.8 Å². The molecule has 130 valence electrons. The fraction of sp³-hybridized carbons (Fsp3) is 0.500. The molecule has 1 aliphatic heterocycles. The van der Waals surface area contributed by atoms with Crippen molar-refractivity contribution < 1.29 is 19.5 Å². The molecule has 1 heterocycles. The summed E-state index contributed by atoms with van der Waals surface area (Å²) < 4.78 is 0. The van der Waals surface area contributed by atoms with E-state index in [2.05, 4.69) is 5.32 Å². The molecule has 0 aromatic heterocycles. The molecule has 1 aromatic carbocycles. The number of rotatable bonds is 5. The average Bonchev–Trinajstić information content (AvgIpc) is 2.54. The first-order valence-electron chi connectivity index (χ1n) is 8.15. The normalized spacial score (nSPS) is 21.8. The number of carbonyl (C=O) groups is 3. The highest BCUT2D eigenvalue weighted by Gasteiger charge is 2.39. The highest BCUT2D eigenvalue weighted by atomic mass is 16.4. The van der Waals surface area contributed by atoms with Crippen molar-refractivity contribution in [2.24, 2.45) is 5.41 Å². The zero-order valence-electron chi connectivity index (χ0n) is 14.1. The van der Waals surface area contributed by atoms with Crippen LogP contribution >= 0.6 is 0 Å². The van der Waals surface area contributed by atoms with E-state index in [1.807, 2.05) is 30.3 Å². The van der Waals surface area contributed by atoms with E-state index >= 15 is 0 Å². The molecule has 0 bridgehead atoms. The lowest BCUT2D eigenvalue weighted by atomic mass is 9.82. The molecular weight excluding hydrogens is 308 g/mol. The van der Waals surface area contributed by atoms with Gasteiger partial charge >= 0.3 is 5.97 Å². The Balaban J connectivity index is 2.10. The van der Waals surface area contributed by atoms with Gasteiger partial charge in [-0.15, -0.1) is 0 Å². The Morgan fingerprint density at radius 1 is 1.29 bits per heavy atom. The Kier molecular flexibility index (Phi) is 5.59. The SMILES string of the molecule is CC(=O)NC(CC(=O)N1CCCC(C)(C(=O)O)C1)c1ccccc1. The zero-order valence-corrected chi connectivity index (χ0v) is 14.1. The number of nitrogens with one attached hydrogen (secondary N) is 1. The van der Waals surface area contributed by atoms with Crippen molar-refractivity contribution in [3.63, 3.8) is 0 Å². The number of hydrogen-bond donors (Lipinski definition) is 2. The van der Waals surface area contributed by atoms with Crippen LogP contribution in [0.1, 0.15) is 44.7 Å². The number of nitrogens with zero attached hydrogens (tertiary/aromatic N) is 1. The molecule has 1 fully saturated rings. The monoisotopic (exact) mass is 332 g/mol. The summed E-state index contributed by atoms with van der Waals surface area (Å²) in [6.45, 7) is 3.87. The summed E-state index contributed by atoms with van der Waals surface area (Å²) in [7, 11) is 0. The van der Waals surface area contributed by atoms with Crippen molar-refractivity contribution in [3.05, 3.63) is 35.9 Å². The van der Waals surface area contributed by atoms with Crippen molar-refractivity contribution in [2.45, 2.75) is 39.2 Å². The van der Waals surface area contributed by atoms with E-state index < -0.39 is 17.4 Å². The van der Waals surface area contributed by atoms with Crippen LogP contribution in [-0.4, -0.2) is 40.9 Å². The molecule has 6 heteroatoms. The molecule has 0 saturated carbocycles. The highest BCUT2D eigenvalue weighted by molar-refractivity contribution is 5.81. The van der Waals surface area contributed by atoms with Crippen molar-refractivity contribution in [3.8, 4) is 0 Å². The molecule has 2 N–H and O–H groups in total. The largest absolute Gasteiger partial charge is 0.481 e. The topological polar surface area (TPSA) is 86.7 Å². The molecule has 6 nitrogen and oxygen atoms in total. The zero-order chi connectivity index (χ0) is 17.7. The van der Waals surface area contributed by atoms with Crippen molar-refractivity contribution >= 4 is 17.8 Å². The van der Waals surface area contributed by atoms with Gasteiger partial charge < -0.3 is 15.3 Å². The first-order chi connectivity index (χ1) is 11.3. The summed E-state index contributed by atoms with van der Waals surface area (Å²) in [4.78, 5) is 37.2. The first-order valence-corrected chi connectivity index (χ1v) is 8.15. The third-order valence-electron chi connectivity index (χ3n) is 4.52. The molecule has 2 unspecified atom stereocenters. The molecular formula is C18H24N2O4. The Hall–Kier alpha value is -2.37. The van der Waals surface area contributed by atoms with Crippen LogP contribution in [0.4, 0.5) is 0 Å². The minimum atomic E-state index is -0.899. The summed E-state index contributed by atoms with van der Waals surface area (Å²) in [5.41, 5.74) is -0.0384. The van der Waals surface area contributed by atoms with Crippen LogP contribution in [0, 0.1) is 5.41 Å². The van der Waals surface area contributed by atoms with E-state index in [1.54, 1.807) is 11.8 Å². The van der Waals surface area contributed by atoms with E-state index in [0.717, 1.165) is 5.56 Å². The van der Waals surface area contributed by atoms with E-state index in [-0.39, 0.29) is 24.8 Å². The maximum atomic E-state index is 12.7. The minimum Gasteiger partial charge on any atom is -0.481 e. The van der Waals surface area contributed by atoms with Gasteiger partial charge in [-0.3, -0.25) is 14.4 Å². The van der Waals surface area contributed by atoms with Gasteiger partial charge in [-0.1, -0.05) is 30.3 Å². The number of piperidine rings is 1. The van der Waals surface area contributed by atoms with Crippen LogP contribution in [0.25, 0.3) is 0 Å². The van der Waals surface area contributed by atoms with Gasteiger partial charge in [-0.25, -0.2) is 0 Å². The standard InChI is InChI=1S/C18H24N2O4/c1-13(21)19-15(14-7-4-3-5-8-14)11-16(22)20-10-6-9-18(2,12-20)17(23)24/h3-5,7-8,15H,6,9-12H2,1-2H3,(H,19,21)(H,23,24). The lowest BCUT2D eigenvalue weighted by Gasteiger charge is -2.38. The van der Waals surface area contributed by atoms with Gasteiger partial charge in [0.1, 0.15) is 0 Å². The molecule has 24 heavy (non-hydrogen) atoms. The second-order valence-electron chi connectivity index (χ2n) is 6.65. The summed E-state index contributed by atoms with van der Waals surface area (Å²) >= 11 is 0. The molecule has 2 atom stereocenters. The third-order valence-corrected chi connectivity index (χ3v) is 4.52. The Morgan fingerprint density at radius 3 is 2.54 bits per heavy atom. The van der Waals surface area contributed by atoms with Gasteiger partial charge in [-0.2, -0.15) is 0 Å². The Bertz CT molecular complexity index is 617. The maximum Gasteiger partial charge on any atom is 0.311 e. The van der Waals surface area contributed by atoms with Gasteiger partial charge in [0.05, 0.1) is 17.9 Å². The second kappa shape index (κ2) is 7.47. The van der Waals surface area contributed by atoms with Crippen LogP contribution in [0.5, 0.6) is 0 Å². The highest BCUT2D eigenvalue weighted by Crippen LogP contribution is 2.30. The van der Waals surface area contributed by atoms with Crippen molar-refractivity contribution in [2.75, 3.05) is 13.1 Å². The number of carboxylic acid groups (broad SMARTS) is 1.